The first-order chi connectivity index (χ1) is 11.6. The van der Waals surface area contributed by atoms with Crippen molar-refractivity contribution in [3.05, 3.63) is 46.3 Å². The van der Waals surface area contributed by atoms with Crippen LogP contribution in [0.25, 0.3) is 0 Å². The van der Waals surface area contributed by atoms with Gasteiger partial charge in [0.2, 0.25) is 5.88 Å². The highest BCUT2D eigenvalue weighted by atomic mass is 32.1. The van der Waals surface area contributed by atoms with Gasteiger partial charge in [-0.1, -0.05) is 12.1 Å². The van der Waals surface area contributed by atoms with E-state index >= 15 is 0 Å². The van der Waals surface area contributed by atoms with E-state index in [1.54, 1.807) is 29.5 Å². The number of pyridine rings is 1. The third-order valence-corrected chi connectivity index (χ3v) is 4.54. The van der Waals surface area contributed by atoms with E-state index in [1.165, 1.54) is 7.11 Å². The van der Waals surface area contributed by atoms with Crippen LogP contribution in [0.4, 0.5) is 4.79 Å². The van der Waals surface area contributed by atoms with Gasteiger partial charge in [-0.2, -0.15) is 0 Å². The van der Waals surface area contributed by atoms with Crippen molar-refractivity contribution >= 4 is 29.2 Å². The number of hydrogen-bond acceptors (Lipinski definition) is 6. The Morgan fingerprint density at radius 2 is 1.88 bits per heavy atom. The lowest BCUT2D eigenvalue weighted by Crippen LogP contribution is -2.34. The quantitative estimate of drug-likeness (QED) is 0.588. The molecule has 0 spiro atoms. The molecule has 0 atom stereocenters. The molecule has 0 unspecified atom stereocenters. The molecule has 0 aliphatic carbocycles. The van der Waals surface area contributed by atoms with Crippen LogP contribution in [0.15, 0.2) is 35.7 Å². The summed E-state index contributed by atoms with van der Waals surface area (Å²) in [4.78, 5) is 43.7. The summed E-state index contributed by atoms with van der Waals surface area (Å²) in [5.41, 5.74) is 0.476. The fraction of sp³-hybridized carbons (Fsp3) is 0.250. The highest BCUT2D eigenvalue weighted by Crippen LogP contribution is 2.18. The number of methoxy groups -OCH3 is 1. The molecule has 8 heteroatoms. The van der Waals surface area contributed by atoms with Crippen molar-refractivity contribution in [2.24, 2.45) is 0 Å². The maximum atomic E-state index is 12.4. The van der Waals surface area contributed by atoms with Crippen molar-refractivity contribution in [1.82, 2.24) is 14.8 Å². The molecule has 1 aliphatic rings. The summed E-state index contributed by atoms with van der Waals surface area (Å²) in [6.07, 6.45) is 0.535. The van der Waals surface area contributed by atoms with E-state index in [0.29, 0.717) is 18.0 Å². The van der Waals surface area contributed by atoms with Crippen molar-refractivity contribution in [2.75, 3.05) is 13.7 Å². The molecule has 124 valence electrons. The van der Waals surface area contributed by atoms with Gasteiger partial charge in [-0.15, -0.1) is 11.3 Å². The zero-order valence-electron chi connectivity index (χ0n) is 13.0. The van der Waals surface area contributed by atoms with Crippen LogP contribution in [0.1, 0.15) is 10.6 Å². The van der Waals surface area contributed by atoms with Gasteiger partial charge in [0.05, 0.1) is 19.3 Å². The largest absolute Gasteiger partial charge is 0.481 e. The number of carbonyl (C=O) groups is 3. The third kappa shape index (κ3) is 3.13. The molecule has 1 fully saturated rings. The maximum absolute atomic E-state index is 12.4. The fourth-order valence-corrected chi connectivity index (χ4v) is 3.08. The predicted octanol–water partition coefficient (Wildman–Crippen LogP) is 1.69. The molecule has 0 radical (unpaired) electrons. The lowest BCUT2D eigenvalue weighted by molar-refractivity contribution is -0.143. The van der Waals surface area contributed by atoms with Gasteiger partial charge in [-0.25, -0.2) is 14.7 Å². The number of nitrogens with zero attached hydrogens (tertiary/aromatic N) is 3. The molecule has 0 aromatic carbocycles. The zero-order valence-corrected chi connectivity index (χ0v) is 13.8. The van der Waals surface area contributed by atoms with E-state index in [-0.39, 0.29) is 13.1 Å². The first kappa shape index (κ1) is 16.1. The molecule has 0 N–H and O–H groups in total. The summed E-state index contributed by atoms with van der Waals surface area (Å²) in [6, 6.07) is 8.26. The second-order valence-corrected chi connectivity index (χ2v) is 6.16. The van der Waals surface area contributed by atoms with Gasteiger partial charge < -0.3 is 4.74 Å². The topological polar surface area (TPSA) is 79.8 Å². The molecular formula is C16H15N3O4S. The van der Waals surface area contributed by atoms with Gasteiger partial charge in [-0.3, -0.25) is 14.5 Å². The van der Waals surface area contributed by atoms with E-state index in [4.69, 9.17) is 4.74 Å². The number of amides is 4. The molecule has 2 aromatic heterocycles. The Hall–Kier alpha value is -2.74. The molecule has 0 saturated carbocycles. The van der Waals surface area contributed by atoms with Gasteiger partial charge in [0.15, 0.2) is 0 Å². The number of rotatable bonds is 6. The van der Waals surface area contributed by atoms with Gasteiger partial charge in [-0.05, 0) is 17.5 Å². The van der Waals surface area contributed by atoms with E-state index in [0.717, 1.165) is 14.7 Å². The van der Waals surface area contributed by atoms with Crippen LogP contribution in [0.2, 0.25) is 0 Å². The minimum Gasteiger partial charge on any atom is -0.481 e. The van der Waals surface area contributed by atoms with Crippen molar-refractivity contribution in [3.63, 3.8) is 0 Å². The summed E-state index contributed by atoms with van der Waals surface area (Å²) < 4.78 is 5.02. The monoisotopic (exact) mass is 345 g/mol. The minimum atomic E-state index is -0.823. The minimum absolute atomic E-state index is 0.0594. The number of carbonyl (C=O) groups excluding carboxylic acids is 3. The zero-order chi connectivity index (χ0) is 17.1. The van der Waals surface area contributed by atoms with Crippen molar-refractivity contribution in [1.29, 1.82) is 0 Å². The first-order valence-electron chi connectivity index (χ1n) is 7.30. The van der Waals surface area contributed by atoms with Crippen molar-refractivity contribution in [3.8, 4) is 5.88 Å². The first-order valence-corrected chi connectivity index (χ1v) is 8.17. The predicted molar refractivity (Wildman–Crippen MR) is 86.5 cm³/mol. The molecule has 7 nitrogen and oxygen atoms in total. The average molecular weight is 345 g/mol. The second kappa shape index (κ2) is 6.79. The molecule has 1 aliphatic heterocycles. The number of aromatic nitrogens is 1. The number of ether oxygens (including phenoxy) is 1. The van der Waals surface area contributed by atoms with Crippen molar-refractivity contribution in [2.45, 2.75) is 13.0 Å². The van der Waals surface area contributed by atoms with E-state index in [1.807, 2.05) is 17.5 Å². The van der Waals surface area contributed by atoms with Crippen LogP contribution in [-0.2, 0) is 22.6 Å². The molecule has 3 rings (SSSR count). The Morgan fingerprint density at radius 1 is 1.08 bits per heavy atom. The van der Waals surface area contributed by atoms with Gasteiger partial charge in [0.1, 0.15) is 0 Å². The van der Waals surface area contributed by atoms with Crippen LogP contribution < -0.4 is 4.74 Å². The SMILES string of the molecule is COc1cccc(CN2C(=O)C(=O)N(CCc3cccs3)C2=O)n1. The van der Waals surface area contributed by atoms with Crippen molar-refractivity contribution < 1.29 is 19.1 Å². The number of urea groups is 1. The number of imide groups is 2. The average Bonchev–Trinajstić information content (AvgIpc) is 3.18. The lowest BCUT2D eigenvalue weighted by atomic mass is 10.3. The Balaban J connectivity index is 1.71. The highest BCUT2D eigenvalue weighted by molar-refractivity contribution is 7.09. The van der Waals surface area contributed by atoms with Gasteiger partial charge in [0.25, 0.3) is 0 Å². The third-order valence-electron chi connectivity index (χ3n) is 3.61. The molecule has 4 amide bonds. The van der Waals surface area contributed by atoms with Crippen LogP contribution in [0, 0.1) is 0 Å². The summed E-state index contributed by atoms with van der Waals surface area (Å²) in [7, 11) is 1.48. The molecule has 0 bridgehead atoms. The van der Waals surface area contributed by atoms with E-state index in [9.17, 15) is 14.4 Å². The number of thiophene rings is 1. The standard InChI is InChI=1S/C16H15N3O4S/c1-23-13-6-2-4-11(17-13)10-19-15(21)14(20)18(16(19)22)8-7-12-5-3-9-24-12/h2-6,9H,7-8,10H2,1H3. The van der Waals surface area contributed by atoms with Crippen LogP contribution in [0.5, 0.6) is 5.88 Å². The molecule has 1 saturated heterocycles. The van der Waals surface area contributed by atoms with Crippen LogP contribution in [-0.4, -0.2) is 46.3 Å². The Labute approximate surface area is 142 Å². The van der Waals surface area contributed by atoms with Gasteiger partial charge >= 0.3 is 17.8 Å². The summed E-state index contributed by atoms with van der Waals surface area (Å²) in [5, 5.41) is 1.93. The Kier molecular flexibility index (Phi) is 4.57. The fourth-order valence-electron chi connectivity index (χ4n) is 2.39. The summed E-state index contributed by atoms with van der Waals surface area (Å²) in [6.45, 7) is 0.127. The molecule has 3 heterocycles. The summed E-state index contributed by atoms with van der Waals surface area (Å²) >= 11 is 1.55. The van der Waals surface area contributed by atoms with E-state index < -0.39 is 17.8 Å². The number of hydrogen-bond donors (Lipinski definition) is 0. The maximum Gasteiger partial charge on any atom is 0.334 e. The highest BCUT2D eigenvalue weighted by Gasteiger charge is 2.44. The molecule has 2 aromatic rings. The second-order valence-electron chi connectivity index (χ2n) is 5.13. The van der Waals surface area contributed by atoms with Gasteiger partial charge in [0, 0.05) is 23.9 Å². The van der Waals surface area contributed by atoms with Crippen LogP contribution in [0.3, 0.4) is 0 Å². The molecular weight excluding hydrogens is 330 g/mol. The van der Waals surface area contributed by atoms with Crippen LogP contribution >= 0.6 is 11.3 Å². The Morgan fingerprint density at radius 3 is 2.58 bits per heavy atom. The molecule has 24 heavy (non-hydrogen) atoms. The summed E-state index contributed by atoms with van der Waals surface area (Å²) in [5.74, 6) is -1.23. The van der Waals surface area contributed by atoms with E-state index in [2.05, 4.69) is 4.98 Å². The normalized spacial score (nSPS) is 14.6. The lowest BCUT2D eigenvalue weighted by Gasteiger charge is -2.15. The smallest absolute Gasteiger partial charge is 0.334 e. The Bertz CT molecular complexity index is 775.